The summed E-state index contributed by atoms with van der Waals surface area (Å²) in [5.74, 6) is 0.474. The van der Waals surface area contributed by atoms with Gasteiger partial charge in [-0.05, 0) is 37.3 Å². The van der Waals surface area contributed by atoms with E-state index in [4.69, 9.17) is 4.74 Å². The average Bonchev–Trinajstić information content (AvgIpc) is 3.16. The van der Waals surface area contributed by atoms with E-state index in [-0.39, 0.29) is 12.6 Å². The summed E-state index contributed by atoms with van der Waals surface area (Å²) in [6, 6.07) is 20.7. The number of anilines is 1. The maximum absolute atomic E-state index is 12.6. The lowest BCUT2D eigenvalue weighted by Crippen LogP contribution is -2.14. The number of rotatable bonds is 5. The quantitative estimate of drug-likeness (QED) is 0.585. The topological polar surface area (TPSA) is 69.0 Å². The molecule has 1 N–H and O–H groups in total. The summed E-state index contributed by atoms with van der Waals surface area (Å²) in [4.78, 5) is 17.1. The molecular weight excluding hydrogens is 340 g/mol. The highest BCUT2D eigenvalue weighted by atomic mass is 16.5. The molecule has 0 fully saturated rings. The average molecular weight is 358 g/mol. The Hall–Kier alpha value is -3.67. The van der Waals surface area contributed by atoms with Crippen LogP contribution in [0.3, 0.4) is 0 Å². The molecule has 2 aromatic carbocycles. The second-order valence-corrected chi connectivity index (χ2v) is 6.11. The summed E-state index contributed by atoms with van der Waals surface area (Å²) < 4.78 is 7.22. The minimum Gasteiger partial charge on any atom is -0.471 e. The molecule has 0 saturated heterocycles. The normalized spacial score (nSPS) is 10.7. The number of hydrogen-bond donors (Lipinski definition) is 1. The van der Waals surface area contributed by atoms with Crippen LogP contribution in [0.25, 0.3) is 10.9 Å². The predicted molar refractivity (Wildman–Crippen MR) is 104 cm³/mol. The first-order valence-corrected chi connectivity index (χ1v) is 8.58. The largest absolute Gasteiger partial charge is 0.471 e. The summed E-state index contributed by atoms with van der Waals surface area (Å²) in [7, 11) is 0. The number of nitrogens with one attached hydrogen (secondary N) is 1. The number of hydrogen-bond acceptors (Lipinski definition) is 4. The van der Waals surface area contributed by atoms with Crippen molar-refractivity contribution in [2.45, 2.75) is 13.7 Å². The van der Waals surface area contributed by atoms with Gasteiger partial charge < -0.3 is 10.1 Å². The fourth-order valence-corrected chi connectivity index (χ4v) is 2.81. The standard InChI is InChI=1S/C21H18N4O2/c1-15-13-20(17-9-5-6-10-18(17)22-15)23-21(26)19-11-12-25(24-19)14-27-16-7-3-2-4-8-16/h2-13H,14H2,1H3,(H,22,23,26). The second-order valence-electron chi connectivity index (χ2n) is 6.11. The third-order valence-corrected chi connectivity index (χ3v) is 4.07. The van der Waals surface area contributed by atoms with Gasteiger partial charge in [0, 0.05) is 17.3 Å². The van der Waals surface area contributed by atoms with Gasteiger partial charge in [0.1, 0.15) is 5.75 Å². The van der Waals surface area contributed by atoms with E-state index in [1.54, 1.807) is 16.9 Å². The summed E-state index contributed by atoms with van der Waals surface area (Å²) >= 11 is 0. The zero-order valence-electron chi connectivity index (χ0n) is 14.8. The Morgan fingerprint density at radius 1 is 1.07 bits per heavy atom. The number of para-hydroxylation sites is 2. The minimum atomic E-state index is -0.274. The molecule has 0 unspecified atom stereocenters. The van der Waals surface area contributed by atoms with Crippen molar-refractivity contribution in [2.75, 3.05) is 5.32 Å². The van der Waals surface area contributed by atoms with Crippen LogP contribution in [0.15, 0.2) is 72.9 Å². The molecule has 1 amide bonds. The summed E-state index contributed by atoms with van der Waals surface area (Å²) in [5, 5.41) is 8.11. The highest BCUT2D eigenvalue weighted by molar-refractivity contribution is 6.07. The number of benzene rings is 2. The van der Waals surface area contributed by atoms with Crippen molar-refractivity contribution in [3.63, 3.8) is 0 Å². The van der Waals surface area contributed by atoms with Gasteiger partial charge in [0.15, 0.2) is 12.4 Å². The molecular formula is C21H18N4O2. The molecule has 2 aromatic heterocycles. The molecule has 0 atom stereocenters. The molecule has 6 nitrogen and oxygen atoms in total. The molecule has 27 heavy (non-hydrogen) atoms. The van der Waals surface area contributed by atoms with Gasteiger partial charge in [-0.3, -0.25) is 9.78 Å². The molecule has 0 aliphatic carbocycles. The Bertz CT molecular complexity index is 1090. The third kappa shape index (κ3) is 3.79. The number of aryl methyl sites for hydroxylation is 1. The van der Waals surface area contributed by atoms with Crippen molar-refractivity contribution < 1.29 is 9.53 Å². The van der Waals surface area contributed by atoms with E-state index in [1.165, 1.54) is 0 Å². The van der Waals surface area contributed by atoms with Gasteiger partial charge in [-0.25, -0.2) is 4.68 Å². The lowest BCUT2D eigenvalue weighted by atomic mass is 10.1. The van der Waals surface area contributed by atoms with E-state index in [1.807, 2.05) is 67.6 Å². The molecule has 2 heterocycles. The zero-order chi connectivity index (χ0) is 18.6. The molecule has 4 rings (SSSR count). The Morgan fingerprint density at radius 2 is 1.85 bits per heavy atom. The number of nitrogens with zero attached hydrogens (tertiary/aromatic N) is 3. The van der Waals surface area contributed by atoms with E-state index in [0.717, 1.165) is 28.0 Å². The van der Waals surface area contributed by atoms with Gasteiger partial charge in [0.25, 0.3) is 5.91 Å². The van der Waals surface area contributed by atoms with E-state index >= 15 is 0 Å². The molecule has 0 radical (unpaired) electrons. The molecule has 0 saturated carbocycles. The van der Waals surface area contributed by atoms with Crippen LogP contribution in [0.5, 0.6) is 5.75 Å². The summed E-state index contributed by atoms with van der Waals surface area (Å²) in [6.07, 6.45) is 1.72. The van der Waals surface area contributed by atoms with Crippen LogP contribution in [0.4, 0.5) is 5.69 Å². The SMILES string of the molecule is Cc1cc(NC(=O)c2ccn(COc3ccccc3)n2)c2ccccc2n1. The van der Waals surface area contributed by atoms with Crippen LogP contribution in [0.1, 0.15) is 16.2 Å². The Balaban J connectivity index is 1.49. The molecule has 0 spiro atoms. The van der Waals surface area contributed by atoms with Crippen LogP contribution in [0, 0.1) is 6.92 Å². The number of carbonyl (C=O) groups excluding carboxylic acids is 1. The van der Waals surface area contributed by atoms with Gasteiger partial charge in [0.2, 0.25) is 0 Å². The van der Waals surface area contributed by atoms with Gasteiger partial charge in [0.05, 0.1) is 11.2 Å². The van der Waals surface area contributed by atoms with Crippen LogP contribution in [-0.4, -0.2) is 20.7 Å². The van der Waals surface area contributed by atoms with Crippen molar-refractivity contribution in [2.24, 2.45) is 0 Å². The van der Waals surface area contributed by atoms with Crippen LogP contribution >= 0.6 is 0 Å². The first kappa shape index (κ1) is 16.8. The number of pyridine rings is 1. The molecule has 0 aliphatic rings. The van der Waals surface area contributed by atoms with Crippen molar-refractivity contribution in [3.05, 3.63) is 84.3 Å². The van der Waals surface area contributed by atoms with Gasteiger partial charge in [-0.1, -0.05) is 36.4 Å². The highest BCUT2D eigenvalue weighted by Gasteiger charge is 2.12. The Labute approximate surface area is 156 Å². The van der Waals surface area contributed by atoms with Crippen molar-refractivity contribution in [3.8, 4) is 5.75 Å². The fraction of sp³-hybridized carbons (Fsp3) is 0.0952. The molecule has 0 aliphatic heterocycles. The number of carbonyl (C=O) groups is 1. The lowest BCUT2D eigenvalue weighted by molar-refractivity contribution is 0.102. The number of amides is 1. The van der Waals surface area contributed by atoms with Crippen LogP contribution < -0.4 is 10.1 Å². The Morgan fingerprint density at radius 3 is 2.70 bits per heavy atom. The number of aromatic nitrogens is 3. The third-order valence-electron chi connectivity index (χ3n) is 4.07. The Kier molecular flexibility index (Phi) is 4.53. The van der Waals surface area contributed by atoms with Crippen LogP contribution in [-0.2, 0) is 6.73 Å². The van der Waals surface area contributed by atoms with E-state index in [2.05, 4.69) is 15.4 Å². The first-order chi connectivity index (χ1) is 13.2. The van der Waals surface area contributed by atoms with E-state index < -0.39 is 0 Å². The van der Waals surface area contributed by atoms with E-state index in [0.29, 0.717) is 5.69 Å². The van der Waals surface area contributed by atoms with Crippen molar-refractivity contribution in [1.29, 1.82) is 0 Å². The van der Waals surface area contributed by atoms with Crippen molar-refractivity contribution in [1.82, 2.24) is 14.8 Å². The van der Waals surface area contributed by atoms with Gasteiger partial charge in [-0.2, -0.15) is 5.10 Å². The lowest BCUT2D eigenvalue weighted by Gasteiger charge is -2.09. The summed E-state index contributed by atoms with van der Waals surface area (Å²) in [5.41, 5.74) is 2.73. The van der Waals surface area contributed by atoms with Crippen LogP contribution in [0.2, 0.25) is 0 Å². The van der Waals surface area contributed by atoms with Gasteiger partial charge >= 0.3 is 0 Å². The second kappa shape index (κ2) is 7.29. The predicted octanol–water partition coefficient (Wildman–Crippen LogP) is 4.03. The molecule has 4 aromatic rings. The van der Waals surface area contributed by atoms with Gasteiger partial charge in [-0.15, -0.1) is 0 Å². The monoisotopic (exact) mass is 358 g/mol. The smallest absolute Gasteiger partial charge is 0.276 e. The summed E-state index contributed by atoms with van der Waals surface area (Å²) in [6.45, 7) is 2.13. The molecule has 6 heteroatoms. The fourth-order valence-electron chi connectivity index (χ4n) is 2.81. The maximum atomic E-state index is 12.6. The molecule has 134 valence electrons. The maximum Gasteiger partial charge on any atom is 0.276 e. The highest BCUT2D eigenvalue weighted by Crippen LogP contribution is 2.23. The number of ether oxygens (including phenoxy) is 1. The zero-order valence-corrected chi connectivity index (χ0v) is 14.8. The number of fused-ring (bicyclic) bond motifs is 1. The van der Waals surface area contributed by atoms with E-state index in [9.17, 15) is 4.79 Å². The van der Waals surface area contributed by atoms with Crippen molar-refractivity contribution >= 4 is 22.5 Å². The molecule has 0 bridgehead atoms. The first-order valence-electron chi connectivity index (χ1n) is 8.58. The minimum absolute atomic E-state index is 0.231.